The first-order valence-electron chi connectivity index (χ1n) is 10.3. The molecule has 0 saturated heterocycles. The Morgan fingerprint density at radius 2 is 1.58 bits per heavy atom. The van der Waals surface area contributed by atoms with Crippen LogP contribution in [0.15, 0.2) is 90.8 Å². The van der Waals surface area contributed by atoms with E-state index in [1.54, 1.807) is 6.20 Å². The number of aryl methyl sites for hydroxylation is 2. The predicted molar refractivity (Wildman–Crippen MR) is 126 cm³/mol. The summed E-state index contributed by atoms with van der Waals surface area (Å²) in [5.74, 6) is -0.655. The van der Waals surface area contributed by atoms with Gasteiger partial charge in [-0.3, -0.25) is 0 Å². The van der Waals surface area contributed by atoms with Gasteiger partial charge in [0.1, 0.15) is 0 Å². The monoisotopic (exact) mass is 410 g/mol. The van der Waals surface area contributed by atoms with E-state index in [1.165, 1.54) is 18.2 Å². The van der Waals surface area contributed by atoms with Crippen LogP contribution in [0.3, 0.4) is 0 Å². The van der Waals surface area contributed by atoms with E-state index in [9.17, 15) is 4.79 Å². The number of aromatic amines is 1. The van der Waals surface area contributed by atoms with Crippen molar-refractivity contribution in [2.24, 2.45) is 0 Å². The van der Waals surface area contributed by atoms with E-state index in [0.717, 1.165) is 27.7 Å². The standard InChI is InChI=1S/C27H26N2O2/c1-18-8-12-20(13-9-18)26(23-16-29-25-7-5-4-6-22(23)25)24(27(30)31-3)17-28-21-14-10-19(2)11-15-21/h4-17,26,28-29H,1-3H3/b24-17-. The molecule has 0 aliphatic carbocycles. The summed E-state index contributed by atoms with van der Waals surface area (Å²) >= 11 is 0. The lowest BCUT2D eigenvalue weighted by atomic mass is 9.84. The third-order valence-electron chi connectivity index (χ3n) is 5.52. The van der Waals surface area contributed by atoms with Gasteiger partial charge in [0, 0.05) is 34.9 Å². The fourth-order valence-electron chi connectivity index (χ4n) is 3.81. The van der Waals surface area contributed by atoms with E-state index in [1.807, 2.05) is 55.6 Å². The van der Waals surface area contributed by atoms with Gasteiger partial charge in [0.15, 0.2) is 0 Å². The number of ether oxygens (including phenoxy) is 1. The lowest BCUT2D eigenvalue weighted by Gasteiger charge is -2.20. The molecule has 0 bridgehead atoms. The number of rotatable bonds is 6. The van der Waals surface area contributed by atoms with Crippen molar-refractivity contribution in [3.63, 3.8) is 0 Å². The fourth-order valence-corrected chi connectivity index (χ4v) is 3.81. The zero-order chi connectivity index (χ0) is 21.8. The summed E-state index contributed by atoms with van der Waals surface area (Å²) in [4.78, 5) is 16.3. The van der Waals surface area contributed by atoms with Crippen LogP contribution >= 0.6 is 0 Å². The number of fused-ring (bicyclic) bond motifs is 1. The Hall–Kier alpha value is -3.79. The van der Waals surface area contributed by atoms with E-state index in [-0.39, 0.29) is 11.9 Å². The highest BCUT2D eigenvalue weighted by atomic mass is 16.5. The quantitative estimate of drug-likeness (QED) is 0.299. The molecule has 0 amide bonds. The Balaban J connectivity index is 1.85. The van der Waals surface area contributed by atoms with Gasteiger partial charge in [0.25, 0.3) is 0 Å². The normalized spacial score (nSPS) is 12.5. The molecule has 1 aromatic heterocycles. The summed E-state index contributed by atoms with van der Waals surface area (Å²) in [6, 6.07) is 24.5. The highest BCUT2D eigenvalue weighted by Gasteiger charge is 2.27. The summed E-state index contributed by atoms with van der Waals surface area (Å²) in [5.41, 5.74) is 6.89. The topological polar surface area (TPSA) is 54.1 Å². The Morgan fingerprint density at radius 3 is 2.26 bits per heavy atom. The van der Waals surface area contributed by atoms with Crippen molar-refractivity contribution in [2.45, 2.75) is 19.8 Å². The molecule has 4 heteroatoms. The number of carbonyl (C=O) groups is 1. The lowest BCUT2D eigenvalue weighted by molar-refractivity contribution is -0.136. The number of esters is 1. The molecule has 2 N–H and O–H groups in total. The second-order valence-corrected chi connectivity index (χ2v) is 7.73. The van der Waals surface area contributed by atoms with Gasteiger partial charge >= 0.3 is 5.97 Å². The molecule has 3 aromatic carbocycles. The van der Waals surface area contributed by atoms with Crippen molar-refractivity contribution >= 4 is 22.6 Å². The number of hydrogen-bond donors (Lipinski definition) is 2. The van der Waals surface area contributed by atoms with Crippen molar-refractivity contribution in [3.05, 3.63) is 113 Å². The van der Waals surface area contributed by atoms with Crippen molar-refractivity contribution in [1.29, 1.82) is 0 Å². The third-order valence-corrected chi connectivity index (χ3v) is 5.52. The third kappa shape index (κ3) is 4.38. The van der Waals surface area contributed by atoms with Gasteiger partial charge in [0.05, 0.1) is 12.7 Å². The molecule has 0 aliphatic rings. The molecule has 0 spiro atoms. The van der Waals surface area contributed by atoms with Gasteiger partial charge in [0.2, 0.25) is 0 Å². The molecule has 1 heterocycles. The van der Waals surface area contributed by atoms with Crippen LogP contribution in [0, 0.1) is 13.8 Å². The maximum absolute atomic E-state index is 13.0. The SMILES string of the molecule is COC(=O)/C(=C\Nc1ccc(C)cc1)C(c1ccc(C)cc1)c1c[nH]c2ccccc12. The van der Waals surface area contributed by atoms with Gasteiger partial charge in [-0.15, -0.1) is 0 Å². The minimum atomic E-state index is -0.365. The molecule has 0 fully saturated rings. The van der Waals surface area contributed by atoms with E-state index < -0.39 is 0 Å². The first-order chi connectivity index (χ1) is 15.1. The van der Waals surface area contributed by atoms with E-state index in [0.29, 0.717) is 5.57 Å². The number of anilines is 1. The average molecular weight is 411 g/mol. The Morgan fingerprint density at radius 1 is 0.935 bits per heavy atom. The first kappa shape index (κ1) is 20.5. The van der Waals surface area contributed by atoms with Crippen LogP contribution in [-0.2, 0) is 9.53 Å². The molecule has 4 aromatic rings. The zero-order valence-corrected chi connectivity index (χ0v) is 18.0. The Kier molecular flexibility index (Phi) is 5.89. The van der Waals surface area contributed by atoms with E-state index in [2.05, 4.69) is 47.6 Å². The number of aromatic nitrogens is 1. The smallest absolute Gasteiger partial charge is 0.336 e. The summed E-state index contributed by atoms with van der Waals surface area (Å²) in [5, 5.41) is 4.37. The van der Waals surface area contributed by atoms with Crippen LogP contribution in [0.4, 0.5) is 5.69 Å². The molecule has 0 saturated carbocycles. The highest BCUT2D eigenvalue weighted by Crippen LogP contribution is 2.37. The van der Waals surface area contributed by atoms with Gasteiger partial charge in [-0.1, -0.05) is 65.7 Å². The number of carbonyl (C=O) groups excluding carboxylic acids is 1. The van der Waals surface area contributed by atoms with Gasteiger partial charge in [-0.2, -0.15) is 0 Å². The molecule has 4 nitrogen and oxygen atoms in total. The van der Waals surface area contributed by atoms with Gasteiger partial charge in [-0.25, -0.2) is 4.79 Å². The Labute approximate surface area is 182 Å². The van der Waals surface area contributed by atoms with Gasteiger partial charge in [-0.05, 0) is 43.2 Å². The molecule has 4 rings (SSSR count). The van der Waals surface area contributed by atoms with E-state index >= 15 is 0 Å². The molecule has 1 unspecified atom stereocenters. The summed E-state index contributed by atoms with van der Waals surface area (Å²) in [7, 11) is 1.42. The summed E-state index contributed by atoms with van der Waals surface area (Å²) < 4.78 is 5.20. The van der Waals surface area contributed by atoms with Crippen molar-refractivity contribution in [1.82, 2.24) is 4.98 Å². The second kappa shape index (κ2) is 8.92. The van der Waals surface area contributed by atoms with Crippen molar-refractivity contribution < 1.29 is 9.53 Å². The largest absolute Gasteiger partial charge is 0.466 e. The number of methoxy groups -OCH3 is 1. The van der Waals surface area contributed by atoms with Crippen LogP contribution < -0.4 is 5.32 Å². The first-order valence-corrected chi connectivity index (χ1v) is 10.3. The summed E-state index contributed by atoms with van der Waals surface area (Å²) in [6.45, 7) is 4.10. The van der Waals surface area contributed by atoms with Crippen LogP contribution in [0.2, 0.25) is 0 Å². The Bertz CT molecular complexity index is 1220. The lowest BCUT2D eigenvalue weighted by Crippen LogP contribution is -2.16. The second-order valence-electron chi connectivity index (χ2n) is 7.73. The molecule has 0 aliphatic heterocycles. The van der Waals surface area contributed by atoms with Gasteiger partial charge < -0.3 is 15.0 Å². The number of nitrogens with one attached hydrogen (secondary N) is 2. The van der Waals surface area contributed by atoms with Crippen LogP contribution in [0.1, 0.15) is 28.2 Å². The zero-order valence-electron chi connectivity index (χ0n) is 18.0. The number of hydrogen-bond acceptors (Lipinski definition) is 3. The molecular formula is C27H26N2O2. The molecule has 156 valence electrons. The minimum Gasteiger partial charge on any atom is -0.466 e. The molecule has 31 heavy (non-hydrogen) atoms. The molecule has 1 atom stereocenters. The summed E-state index contributed by atoms with van der Waals surface area (Å²) in [6.07, 6.45) is 3.75. The van der Waals surface area contributed by atoms with E-state index in [4.69, 9.17) is 4.74 Å². The van der Waals surface area contributed by atoms with Crippen molar-refractivity contribution in [3.8, 4) is 0 Å². The maximum atomic E-state index is 13.0. The maximum Gasteiger partial charge on any atom is 0.336 e. The van der Waals surface area contributed by atoms with Crippen LogP contribution in [-0.4, -0.2) is 18.1 Å². The number of para-hydroxylation sites is 1. The predicted octanol–water partition coefficient (Wildman–Crippen LogP) is 6.09. The average Bonchev–Trinajstić information content (AvgIpc) is 3.22. The number of benzene rings is 3. The molecular weight excluding hydrogens is 384 g/mol. The van der Waals surface area contributed by atoms with Crippen LogP contribution in [0.25, 0.3) is 10.9 Å². The van der Waals surface area contributed by atoms with Crippen molar-refractivity contribution in [2.75, 3.05) is 12.4 Å². The molecule has 0 radical (unpaired) electrons. The highest BCUT2D eigenvalue weighted by molar-refractivity contribution is 5.94. The van der Waals surface area contributed by atoms with Crippen LogP contribution in [0.5, 0.6) is 0 Å². The number of H-pyrrole nitrogens is 1. The fraction of sp³-hybridized carbons (Fsp3) is 0.148. The minimum absolute atomic E-state index is 0.290.